The largest absolute Gasteiger partial charge is 0.384 e. The normalized spacial score (nSPS) is 25.4. The van der Waals surface area contributed by atoms with E-state index in [4.69, 9.17) is 0 Å². The molecule has 1 aliphatic carbocycles. The SMILES string of the molecule is CS(=O)(=O)N1CCC(Nc2ncc3cc(C(F)F)cc(C4CC(O)(C(F)F)C4)c3n2)CC1. The number of anilines is 1. The number of nitrogens with zero attached hydrogens (tertiary/aromatic N) is 3. The van der Waals surface area contributed by atoms with E-state index >= 15 is 0 Å². The predicted molar refractivity (Wildman–Crippen MR) is 110 cm³/mol. The molecule has 1 aromatic heterocycles. The van der Waals surface area contributed by atoms with Gasteiger partial charge in [0.05, 0.1) is 11.8 Å². The summed E-state index contributed by atoms with van der Waals surface area (Å²) < 4.78 is 77.6. The highest BCUT2D eigenvalue weighted by Gasteiger charge is 2.50. The molecular weight excluding hydrogens is 452 g/mol. The van der Waals surface area contributed by atoms with E-state index in [2.05, 4.69) is 15.3 Å². The van der Waals surface area contributed by atoms with Crippen LogP contribution in [0.25, 0.3) is 10.9 Å². The maximum atomic E-state index is 13.4. The van der Waals surface area contributed by atoms with Crippen LogP contribution < -0.4 is 5.32 Å². The van der Waals surface area contributed by atoms with Gasteiger partial charge in [-0.05, 0) is 49.3 Å². The molecule has 32 heavy (non-hydrogen) atoms. The zero-order chi connectivity index (χ0) is 23.3. The zero-order valence-electron chi connectivity index (χ0n) is 17.3. The third kappa shape index (κ3) is 4.53. The van der Waals surface area contributed by atoms with Crippen LogP contribution in [0, 0.1) is 0 Å². The molecule has 2 N–H and O–H groups in total. The molecule has 0 amide bonds. The van der Waals surface area contributed by atoms with Gasteiger partial charge in [0.25, 0.3) is 12.9 Å². The number of aromatic nitrogens is 2. The molecule has 2 aromatic rings. The van der Waals surface area contributed by atoms with Gasteiger partial charge in [-0.3, -0.25) is 0 Å². The van der Waals surface area contributed by atoms with E-state index in [0.717, 1.165) is 6.26 Å². The molecule has 7 nitrogen and oxygen atoms in total. The van der Waals surface area contributed by atoms with E-state index in [1.54, 1.807) is 0 Å². The lowest BCUT2D eigenvalue weighted by Gasteiger charge is -2.43. The molecule has 0 spiro atoms. The van der Waals surface area contributed by atoms with Crippen molar-refractivity contribution in [3.05, 3.63) is 29.5 Å². The van der Waals surface area contributed by atoms with Gasteiger partial charge in [-0.2, -0.15) is 0 Å². The second kappa shape index (κ2) is 8.38. The van der Waals surface area contributed by atoms with Gasteiger partial charge in [-0.15, -0.1) is 0 Å². The maximum absolute atomic E-state index is 13.4. The van der Waals surface area contributed by atoms with Crippen molar-refractivity contribution in [2.24, 2.45) is 0 Å². The third-order valence-corrected chi connectivity index (χ3v) is 7.59. The van der Waals surface area contributed by atoms with Crippen molar-refractivity contribution in [2.45, 2.75) is 56.1 Å². The Morgan fingerprint density at radius 2 is 1.84 bits per heavy atom. The summed E-state index contributed by atoms with van der Waals surface area (Å²) in [7, 11) is -3.25. The second-order valence-electron chi connectivity index (χ2n) is 8.63. The minimum atomic E-state index is -3.25. The van der Waals surface area contributed by atoms with Gasteiger partial charge in [-0.25, -0.2) is 40.3 Å². The summed E-state index contributed by atoms with van der Waals surface area (Å²) in [6.07, 6.45) is -2.45. The zero-order valence-corrected chi connectivity index (χ0v) is 18.1. The second-order valence-corrected chi connectivity index (χ2v) is 10.6. The molecule has 0 radical (unpaired) electrons. The number of benzene rings is 1. The van der Waals surface area contributed by atoms with Crippen LogP contribution in [0.5, 0.6) is 0 Å². The van der Waals surface area contributed by atoms with Crippen molar-refractivity contribution in [2.75, 3.05) is 24.7 Å². The molecule has 12 heteroatoms. The fraction of sp³-hybridized carbons (Fsp3) is 0.600. The quantitative estimate of drug-likeness (QED) is 0.622. The van der Waals surface area contributed by atoms with E-state index < -0.39 is 34.4 Å². The lowest BCUT2D eigenvalue weighted by molar-refractivity contribution is -0.152. The van der Waals surface area contributed by atoms with Crippen molar-refractivity contribution >= 4 is 26.9 Å². The monoisotopic (exact) mass is 476 g/mol. The summed E-state index contributed by atoms with van der Waals surface area (Å²) in [5, 5.41) is 13.5. The molecule has 1 saturated carbocycles. The number of aliphatic hydroxyl groups is 1. The number of halogens is 4. The number of rotatable bonds is 6. The lowest BCUT2D eigenvalue weighted by Crippen LogP contribution is -2.48. The summed E-state index contributed by atoms with van der Waals surface area (Å²) in [4.78, 5) is 8.67. The van der Waals surface area contributed by atoms with Crippen molar-refractivity contribution in [3.8, 4) is 0 Å². The van der Waals surface area contributed by atoms with Crippen molar-refractivity contribution in [1.82, 2.24) is 14.3 Å². The van der Waals surface area contributed by atoms with Crippen LogP contribution in [0.2, 0.25) is 0 Å². The van der Waals surface area contributed by atoms with Gasteiger partial charge in [0, 0.05) is 36.3 Å². The van der Waals surface area contributed by atoms with Crippen LogP contribution in [0.4, 0.5) is 23.5 Å². The topological polar surface area (TPSA) is 95.4 Å². The highest BCUT2D eigenvalue weighted by atomic mass is 32.2. The molecule has 1 aromatic carbocycles. The predicted octanol–water partition coefficient (Wildman–Crippen LogP) is 3.28. The molecule has 0 atom stereocenters. The maximum Gasteiger partial charge on any atom is 0.266 e. The molecule has 4 rings (SSSR count). The van der Waals surface area contributed by atoms with Crippen LogP contribution in [0.15, 0.2) is 18.3 Å². The van der Waals surface area contributed by atoms with Gasteiger partial charge in [0.15, 0.2) is 0 Å². The number of hydrogen-bond donors (Lipinski definition) is 2. The van der Waals surface area contributed by atoms with E-state index in [1.807, 2.05) is 0 Å². The average Bonchev–Trinajstić information content (AvgIpc) is 2.70. The van der Waals surface area contributed by atoms with E-state index in [9.17, 15) is 31.1 Å². The number of alkyl halides is 4. The molecule has 0 unspecified atom stereocenters. The minimum absolute atomic E-state index is 0.0677. The third-order valence-electron chi connectivity index (χ3n) is 6.29. The molecule has 2 fully saturated rings. The molecule has 2 heterocycles. The smallest absolute Gasteiger partial charge is 0.266 e. The van der Waals surface area contributed by atoms with Gasteiger partial charge in [0.1, 0.15) is 5.60 Å². The fourth-order valence-electron chi connectivity index (χ4n) is 4.41. The average molecular weight is 476 g/mol. The van der Waals surface area contributed by atoms with Gasteiger partial charge in [-0.1, -0.05) is 0 Å². The number of sulfonamides is 1. The first kappa shape index (κ1) is 23.1. The Morgan fingerprint density at radius 1 is 1.19 bits per heavy atom. The van der Waals surface area contributed by atoms with Crippen LogP contribution in [-0.4, -0.2) is 65.2 Å². The Hall–Kier alpha value is -2.05. The highest BCUT2D eigenvalue weighted by Crippen LogP contribution is 2.49. The Kier molecular flexibility index (Phi) is 6.05. The van der Waals surface area contributed by atoms with E-state index in [0.29, 0.717) is 42.4 Å². The first-order valence-corrected chi connectivity index (χ1v) is 12.1. The van der Waals surface area contributed by atoms with Gasteiger partial charge in [0.2, 0.25) is 16.0 Å². The van der Waals surface area contributed by atoms with Crippen molar-refractivity contribution in [1.29, 1.82) is 0 Å². The molecule has 1 saturated heterocycles. The lowest BCUT2D eigenvalue weighted by atomic mass is 9.67. The Morgan fingerprint density at radius 3 is 2.41 bits per heavy atom. The summed E-state index contributed by atoms with van der Waals surface area (Å²) in [6, 6.07) is 2.47. The van der Waals surface area contributed by atoms with Crippen molar-refractivity contribution in [3.63, 3.8) is 0 Å². The number of piperidine rings is 1. The standard InChI is InChI=1S/C20H24F4N4O3S/c1-32(30,31)28-4-2-14(3-5-28)26-19-25-10-12-6-11(17(21)22)7-15(16(12)27-19)13-8-20(29,9-13)18(23)24/h6-7,10,13-14,17-18,29H,2-5,8-9H2,1H3,(H,25,26,27). The Bertz CT molecular complexity index is 1100. The van der Waals surface area contributed by atoms with E-state index in [-0.39, 0.29) is 30.4 Å². The Labute approximate surface area is 182 Å². The first-order chi connectivity index (χ1) is 15.0. The van der Waals surface area contributed by atoms with Crippen LogP contribution in [0.3, 0.4) is 0 Å². The summed E-state index contributed by atoms with van der Waals surface area (Å²) in [5.74, 6) is -0.263. The fourth-order valence-corrected chi connectivity index (χ4v) is 5.28. The summed E-state index contributed by atoms with van der Waals surface area (Å²) >= 11 is 0. The number of nitrogens with one attached hydrogen (secondary N) is 1. The molecule has 176 valence electrons. The van der Waals surface area contributed by atoms with Gasteiger partial charge < -0.3 is 10.4 Å². The van der Waals surface area contributed by atoms with Crippen LogP contribution >= 0.6 is 0 Å². The number of fused-ring (bicyclic) bond motifs is 1. The van der Waals surface area contributed by atoms with E-state index in [1.165, 1.54) is 22.6 Å². The van der Waals surface area contributed by atoms with Crippen LogP contribution in [0.1, 0.15) is 49.2 Å². The molecular formula is C20H24F4N4O3S. The van der Waals surface area contributed by atoms with Crippen LogP contribution in [-0.2, 0) is 10.0 Å². The molecule has 2 aliphatic rings. The van der Waals surface area contributed by atoms with Crippen molar-refractivity contribution < 1.29 is 31.1 Å². The summed E-state index contributed by atoms with van der Waals surface area (Å²) in [6.45, 7) is 0.725. The van der Waals surface area contributed by atoms with Gasteiger partial charge >= 0.3 is 0 Å². The highest BCUT2D eigenvalue weighted by molar-refractivity contribution is 7.88. The first-order valence-electron chi connectivity index (χ1n) is 10.3. The molecule has 1 aliphatic heterocycles. The Balaban J connectivity index is 1.58. The summed E-state index contributed by atoms with van der Waals surface area (Å²) in [5.41, 5.74) is -1.60. The number of hydrogen-bond acceptors (Lipinski definition) is 6. The minimum Gasteiger partial charge on any atom is -0.384 e. The molecule has 0 bridgehead atoms.